The Balaban J connectivity index is 3.08. The summed E-state index contributed by atoms with van der Waals surface area (Å²) < 4.78 is 0. The molecule has 0 heterocycles. The summed E-state index contributed by atoms with van der Waals surface area (Å²) in [6.07, 6.45) is 0. The summed E-state index contributed by atoms with van der Waals surface area (Å²) in [4.78, 5) is 11.3. The van der Waals surface area contributed by atoms with Crippen LogP contribution >= 0.6 is 11.6 Å². The zero-order valence-corrected chi connectivity index (χ0v) is 11.6. The second-order valence-corrected chi connectivity index (χ2v) is 5.11. The smallest absolute Gasteiger partial charge is 0.239 e. The van der Waals surface area contributed by atoms with Gasteiger partial charge in [-0.25, -0.2) is 0 Å². The highest BCUT2D eigenvalue weighted by Crippen LogP contribution is 2.28. The third-order valence-electron chi connectivity index (χ3n) is 2.76. The van der Waals surface area contributed by atoms with E-state index in [1.807, 2.05) is 6.07 Å². The quantitative estimate of drug-likeness (QED) is 0.804. The Morgan fingerprint density at radius 2 is 1.88 bits per heavy atom. The van der Waals surface area contributed by atoms with Crippen LogP contribution in [-0.2, 0) is 4.79 Å². The molecule has 0 unspecified atom stereocenters. The van der Waals surface area contributed by atoms with Crippen molar-refractivity contribution < 1.29 is 4.79 Å². The molecule has 0 radical (unpaired) electrons. The summed E-state index contributed by atoms with van der Waals surface area (Å²) in [5, 5.41) is 2.84. The fraction of sp³-hybridized carbons (Fsp3) is 0.500. The minimum atomic E-state index is -0.161. The number of hydrogen-bond acceptors (Lipinski definition) is 1. The van der Waals surface area contributed by atoms with Crippen LogP contribution in [0.1, 0.15) is 50.7 Å². The van der Waals surface area contributed by atoms with Crippen LogP contribution in [0.4, 0.5) is 5.69 Å². The molecule has 1 aromatic rings. The molecule has 1 amide bonds. The van der Waals surface area contributed by atoms with Gasteiger partial charge in [-0.1, -0.05) is 39.8 Å². The number of amides is 1. The van der Waals surface area contributed by atoms with Crippen molar-refractivity contribution in [2.75, 3.05) is 11.2 Å². The molecule has 2 nitrogen and oxygen atoms in total. The van der Waals surface area contributed by atoms with E-state index in [2.05, 4.69) is 45.1 Å². The van der Waals surface area contributed by atoms with Gasteiger partial charge in [0, 0.05) is 5.69 Å². The Hall–Kier alpha value is -1.02. The van der Waals surface area contributed by atoms with Gasteiger partial charge in [0.2, 0.25) is 5.91 Å². The highest BCUT2D eigenvalue weighted by atomic mass is 35.5. The predicted molar refractivity (Wildman–Crippen MR) is 74.0 cm³/mol. The van der Waals surface area contributed by atoms with E-state index >= 15 is 0 Å². The molecule has 3 heteroatoms. The highest BCUT2D eigenvalue weighted by molar-refractivity contribution is 6.29. The molecule has 17 heavy (non-hydrogen) atoms. The van der Waals surface area contributed by atoms with E-state index in [0.29, 0.717) is 11.8 Å². The zero-order chi connectivity index (χ0) is 13.0. The van der Waals surface area contributed by atoms with Crippen LogP contribution in [0.15, 0.2) is 18.2 Å². The van der Waals surface area contributed by atoms with E-state index in [1.54, 1.807) is 0 Å². The average molecular weight is 254 g/mol. The Bertz CT molecular complexity index is 399. The Kier molecular flexibility index (Phi) is 5.01. The van der Waals surface area contributed by atoms with Crippen molar-refractivity contribution in [1.29, 1.82) is 0 Å². The van der Waals surface area contributed by atoms with Crippen molar-refractivity contribution in [2.24, 2.45) is 0 Å². The Morgan fingerprint density at radius 3 is 2.35 bits per heavy atom. The van der Waals surface area contributed by atoms with Crippen LogP contribution in [0.5, 0.6) is 0 Å². The van der Waals surface area contributed by atoms with Gasteiger partial charge in [0.25, 0.3) is 0 Å². The van der Waals surface area contributed by atoms with Crippen LogP contribution in [0.2, 0.25) is 0 Å². The van der Waals surface area contributed by atoms with Gasteiger partial charge in [0.1, 0.15) is 5.88 Å². The van der Waals surface area contributed by atoms with E-state index in [1.165, 1.54) is 5.56 Å². The van der Waals surface area contributed by atoms with Crippen molar-refractivity contribution in [3.63, 3.8) is 0 Å². The summed E-state index contributed by atoms with van der Waals surface area (Å²) in [7, 11) is 0. The minimum absolute atomic E-state index is 0.0104. The lowest BCUT2D eigenvalue weighted by Gasteiger charge is -2.16. The van der Waals surface area contributed by atoms with Gasteiger partial charge in [-0.15, -0.1) is 11.6 Å². The third kappa shape index (κ3) is 3.74. The molecule has 94 valence electrons. The predicted octanol–water partition coefficient (Wildman–Crippen LogP) is 4.11. The fourth-order valence-corrected chi connectivity index (χ4v) is 1.78. The maximum Gasteiger partial charge on any atom is 0.239 e. The summed E-state index contributed by atoms with van der Waals surface area (Å²) in [6.45, 7) is 8.57. The largest absolute Gasteiger partial charge is 0.325 e. The van der Waals surface area contributed by atoms with Gasteiger partial charge in [-0.05, 0) is 29.0 Å². The summed E-state index contributed by atoms with van der Waals surface area (Å²) >= 11 is 5.50. The number of alkyl halides is 1. The molecule has 0 saturated heterocycles. The topological polar surface area (TPSA) is 29.1 Å². The summed E-state index contributed by atoms with van der Waals surface area (Å²) in [5.74, 6) is 0.694. The number of nitrogens with one attached hydrogen (secondary N) is 1. The van der Waals surface area contributed by atoms with Crippen molar-refractivity contribution in [3.05, 3.63) is 29.3 Å². The first-order chi connectivity index (χ1) is 7.95. The van der Waals surface area contributed by atoms with Gasteiger partial charge in [-0.3, -0.25) is 4.79 Å². The van der Waals surface area contributed by atoms with Crippen LogP contribution in [-0.4, -0.2) is 11.8 Å². The van der Waals surface area contributed by atoms with Crippen molar-refractivity contribution in [1.82, 2.24) is 0 Å². The van der Waals surface area contributed by atoms with Gasteiger partial charge < -0.3 is 5.32 Å². The van der Waals surface area contributed by atoms with E-state index < -0.39 is 0 Å². The molecule has 0 fully saturated rings. The molecular weight excluding hydrogens is 234 g/mol. The minimum Gasteiger partial charge on any atom is -0.325 e. The number of halogens is 1. The normalized spacial score (nSPS) is 11.0. The SMILES string of the molecule is CC(C)c1ccc(NC(=O)CCl)c(C(C)C)c1. The van der Waals surface area contributed by atoms with Crippen molar-refractivity contribution in [3.8, 4) is 0 Å². The van der Waals surface area contributed by atoms with Gasteiger partial charge in [-0.2, -0.15) is 0 Å². The van der Waals surface area contributed by atoms with E-state index in [4.69, 9.17) is 11.6 Å². The lowest BCUT2D eigenvalue weighted by Crippen LogP contribution is -2.14. The first-order valence-corrected chi connectivity index (χ1v) is 6.48. The molecule has 0 aromatic heterocycles. The van der Waals surface area contributed by atoms with Crippen LogP contribution in [0.3, 0.4) is 0 Å². The number of hydrogen-bond donors (Lipinski definition) is 1. The van der Waals surface area contributed by atoms with Gasteiger partial charge >= 0.3 is 0 Å². The van der Waals surface area contributed by atoms with Crippen molar-refractivity contribution >= 4 is 23.2 Å². The number of carbonyl (C=O) groups is 1. The summed E-state index contributed by atoms with van der Waals surface area (Å²) in [6, 6.07) is 6.19. The molecule has 1 N–H and O–H groups in total. The molecule has 0 aliphatic heterocycles. The molecule has 0 spiro atoms. The molecule has 1 rings (SSSR count). The molecule has 0 aliphatic carbocycles. The van der Waals surface area contributed by atoms with E-state index in [-0.39, 0.29) is 11.8 Å². The summed E-state index contributed by atoms with van der Waals surface area (Å²) in [5.41, 5.74) is 3.32. The van der Waals surface area contributed by atoms with Crippen LogP contribution in [0, 0.1) is 0 Å². The number of rotatable bonds is 4. The fourth-order valence-electron chi connectivity index (χ4n) is 1.72. The van der Waals surface area contributed by atoms with Crippen molar-refractivity contribution in [2.45, 2.75) is 39.5 Å². The lowest BCUT2D eigenvalue weighted by molar-refractivity contribution is -0.113. The molecule has 1 aromatic carbocycles. The highest BCUT2D eigenvalue weighted by Gasteiger charge is 2.11. The molecular formula is C14H20ClNO. The molecule has 0 atom stereocenters. The van der Waals surface area contributed by atoms with Crippen LogP contribution < -0.4 is 5.32 Å². The maximum atomic E-state index is 11.3. The third-order valence-corrected chi connectivity index (χ3v) is 3.00. The van der Waals surface area contributed by atoms with E-state index in [9.17, 15) is 4.79 Å². The van der Waals surface area contributed by atoms with Gasteiger partial charge in [0.15, 0.2) is 0 Å². The monoisotopic (exact) mass is 253 g/mol. The number of carbonyl (C=O) groups excluding carboxylic acids is 1. The second kappa shape index (κ2) is 6.06. The Labute approximate surface area is 108 Å². The first-order valence-electron chi connectivity index (χ1n) is 5.95. The molecule has 0 bridgehead atoms. The Morgan fingerprint density at radius 1 is 1.24 bits per heavy atom. The molecule has 0 saturated carbocycles. The maximum absolute atomic E-state index is 11.3. The first kappa shape index (κ1) is 14.0. The zero-order valence-electron chi connectivity index (χ0n) is 10.9. The van der Waals surface area contributed by atoms with E-state index in [0.717, 1.165) is 11.3 Å². The molecule has 0 aliphatic rings. The van der Waals surface area contributed by atoms with Gasteiger partial charge in [0.05, 0.1) is 0 Å². The standard InChI is InChI=1S/C14H20ClNO/c1-9(2)11-5-6-13(16-14(17)8-15)12(7-11)10(3)4/h5-7,9-10H,8H2,1-4H3,(H,16,17). The van der Waals surface area contributed by atoms with Crippen LogP contribution in [0.25, 0.3) is 0 Å². The lowest BCUT2D eigenvalue weighted by atomic mass is 9.94. The number of anilines is 1. The second-order valence-electron chi connectivity index (χ2n) is 4.84. The average Bonchev–Trinajstić information content (AvgIpc) is 2.28. The number of benzene rings is 1.